The summed E-state index contributed by atoms with van der Waals surface area (Å²) in [5, 5.41) is 11.0. The van der Waals surface area contributed by atoms with Crippen LogP contribution in [0.3, 0.4) is 0 Å². The maximum absolute atomic E-state index is 12.9. The second kappa shape index (κ2) is 7.05. The van der Waals surface area contributed by atoms with E-state index in [0.29, 0.717) is 30.3 Å². The van der Waals surface area contributed by atoms with Gasteiger partial charge in [0.25, 0.3) is 0 Å². The SMILES string of the molecule is CC1(C)Oc2ccc(OC(F)(F)F)cc2[C@H](N2CCN(CC3CC3)CC2=O)[C@H]1O. The summed E-state index contributed by atoms with van der Waals surface area (Å²) >= 11 is 0. The molecule has 2 aliphatic heterocycles. The van der Waals surface area contributed by atoms with E-state index in [-0.39, 0.29) is 12.5 Å². The van der Waals surface area contributed by atoms with Crippen LogP contribution in [-0.2, 0) is 4.79 Å². The zero-order valence-electron chi connectivity index (χ0n) is 16.4. The van der Waals surface area contributed by atoms with Crippen LogP contribution in [0.25, 0.3) is 0 Å². The molecule has 0 aromatic heterocycles. The molecule has 2 heterocycles. The zero-order valence-corrected chi connectivity index (χ0v) is 16.4. The van der Waals surface area contributed by atoms with Crippen LogP contribution in [0, 0.1) is 5.92 Å². The van der Waals surface area contributed by atoms with Crippen molar-refractivity contribution < 1.29 is 32.5 Å². The summed E-state index contributed by atoms with van der Waals surface area (Å²) in [4.78, 5) is 16.6. The topological polar surface area (TPSA) is 62.2 Å². The van der Waals surface area contributed by atoms with Crippen LogP contribution < -0.4 is 9.47 Å². The highest BCUT2D eigenvalue weighted by Crippen LogP contribution is 2.45. The molecule has 1 saturated carbocycles. The predicted octanol–water partition coefficient (Wildman–Crippen LogP) is 2.71. The Balaban J connectivity index is 1.63. The van der Waals surface area contributed by atoms with Gasteiger partial charge >= 0.3 is 6.36 Å². The van der Waals surface area contributed by atoms with Gasteiger partial charge < -0.3 is 19.5 Å². The van der Waals surface area contributed by atoms with Crippen molar-refractivity contribution in [1.82, 2.24) is 9.80 Å². The number of piperazine rings is 1. The number of rotatable bonds is 4. The first-order chi connectivity index (χ1) is 13.5. The first kappa shape index (κ1) is 20.3. The molecule has 1 saturated heterocycles. The van der Waals surface area contributed by atoms with E-state index in [2.05, 4.69) is 9.64 Å². The molecule has 0 spiro atoms. The van der Waals surface area contributed by atoms with E-state index in [9.17, 15) is 23.1 Å². The molecule has 1 amide bonds. The summed E-state index contributed by atoms with van der Waals surface area (Å²) in [6.07, 6.45) is -3.55. The summed E-state index contributed by atoms with van der Waals surface area (Å²) in [5.74, 6) is 0.445. The van der Waals surface area contributed by atoms with E-state index in [4.69, 9.17) is 4.74 Å². The number of halogens is 3. The number of carbonyl (C=O) groups excluding carboxylic acids is 1. The molecule has 29 heavy (non-hydrogen) atoms. The van der Waals surface area contributed by atoms with Crippen LogP contribution >= 0.6 is 0 Å². The number of alkyl halides is 3. The third-order valence-electron chi connectivity index (χ3n) is 5.80. The average Bonchev–Trinajstić information content (AvgIpc) is 3.40. The van der Waals surface area contributed by atoms with Crippen LogP contribution in [0.15, 0.2) is 18.2 Å². The van der Waals surface area contributed by atoms with Crippen molar-refractivity contribution >= 4 is 5.91 Å². The third-order valence-corrected chi connectivity index (χ3v) is 5.80. The highest BCUT2D eigenvalue weighted by molar-refractivity contribution is 5.80. The number of aliphatic hydroxyl groups is 1. The lowest BCUT2D eigenvalue weighted by Crippen LogP contribution is -2.59. The Morgan fingerprint density at radius 1 is 1.28 bits per heavy atom. The minimum Gasteiger partial charge on any atom is -0.485 e. The lowest BCUT2D eigenvalue weighted by atomic mass is 9.85. The van der Waals surface area contributed by atoms with Crippen molar-refractivity contribution in [3.05, 3.63) is 23.8 Å². The standard InChI is InChI=1S/C20H25F3N2O4/c1-19(2)18(27)17(25-8-7-24(11-16(25)26)10-12-3-4-12)14-9-13(28-20(21,22)23)5-6-15(14)29-19/h5-6,9,12,17-18,27H,3-4,7-8,10-11H2,1-2H3/t17-,18+/m0/s1. The maximum Gasteiger partial charge on any atom is 0.573 e. The van der Waals surface area contributed by atoms with E-state index in [0.717, 1.165) is 6.54 Å². The van der Waals surface area contributed by atoms with Crippen molar-refractivity contribution in [1.29, 1.82) is 0 Å². The summed E-state index contributed by atoms with van der Waals surface area (Å²) < 4.78 is 47.9. The Hall–Kier alpha value is -2.00. The highest BCUT2D eigenvalue weighted by Gasteiger charge is 2.48. The second-order valence-corrected chi connectivity index (χ2v) is 8.61. The first-order valence-corrected chi connectivity index (χ1v) is 9.82. The molecule has 2 atom stereocenters. The molecule has 2 fully saturated rings. The fourth-order valence-electron chi connectivity index (χ4n) is 4.13. The Morgan fingerprint density at radius 3 is 2.62 bits per heavy atom. The number of aliphatic hydroxyl groups excluding tert-OH is 1. The highest BCUT2D eigenvalue weighted by atomic mass is 19.4. The zero-order chi connectivity index (χ0) is 21.0. The first-order valence-electron chi connectivity index (χ1n) is 9.82. The maximum atomic E-state index is 12.9. The molecule has 160 valence electrons. The Kier molecular flexibility index (Phi) is 4.93. The Morgan fingerprint density at radius 2 is 2.00 bits per heavy atom. The van der Waals surface area contributed by atoms with Gasteiger partial charge in [0, 0.05) is 25.2 Å². The Bertz CT molecular complexity index is 794. The van der Waals surface area contributed by atoms with Gasteiger partial charge in [-0.2, -0.15) is 0 Å². The summed E-state index contributed by atoms with van der Waals surface area (Å²) in [6.45, 7) is 5.59. The number of benzene rings is 1. The fourth-order valence-corrected chi connectivity index (χ4v) is 4.13. The van der Waals surface area contributed by atoms with Gasteiger partial charge in [0.15, 0.2) is 0 Å². The monoisotopic (exact) mass is 414 g/mol. The van der Waals surface area contributed by atoms with Crippen LogP contribution in [0.1, 0.15) is 38.3 Å². The predicted molar refractivity (Wildman–Crippen MR) is 97.5 cm³/mol. The lowest BCUT2D eigenvalue weighted by Gasteiger charge is -2.48. The third kappa shape index (κ3) is 4.30. The van der Waals surface area contributed by atoms with Crippen molar-refractivity contribution in [2.45, 2.75) is 50.8 Å². The van der Waals surface area contributed by atoms with Crippen LogP contribution in [0.5, 0.6) is 11.5 Å². The minimum atomic E-state index is -4.83. The number of amides is 1. The average molecular weight is 414 g/mol. The smallest absolute Gasteiger partial charge is 0.485 e. The van der Waals surface area contributed by atoms with Gasteiger partial charge in [0.1, 0.15) is 23.2 Å². The number of fused-ring (bicyclic) bond motifs is 1. The van der Waals surface area contributed by atoms with E-state index in [1.807, 2.05) is 0 Å². The van der Waals surface area contributed by atoms with Gasteiger partial charge in [-0.05, 0) is 50.8 Å². The number of hydrogen-bond donors (Lipinski definition) is 1. The number of hydrogen-bond acceptors (Lipinski definition) is 5. The second-order valence-electron chi connectivity index (χ2n) is 8.61. The molecule has 1 aliphatic carbocycles. The van der Waals surface area contributed by atoms with Crippen LogP contribution in [0.2, 0.25) is 0 Å². The lowest BCUT2D eigenvalue weighted by molar-refractivity contribution is -0.274. The quantitative estimate of drug-likeness (QED) is 0.821. The van der Waals surface area contributed by atoms with Gasteiger partial charge in [-0.15, -0.1) is 13.2 Å². The molecular formula is C20H25F3N2O4. The molecule has 0 unspecified atom stereocenters. The van der Waals surface area contributed by atoms with Crippen molar-refractivity contribution in [2.24, 2.45) is 5.92 Å². The number of ether oxygens (including phenoxy) is 2. The largest absolute Gasteiger partial charge is 0.573 e. The number of carbonyl (C=O) groups is 1. The molecule has 1 aromatic rings. The normalized spacial score (nSPS) is 27.4. The minimum absolute atomic E-state index is 0.147. The Labute approximate surface area is 167 Å². The van der Waals surface area contributed by atoms with Crippen LogP contribution in [0.4, 0.5) is 13.2 Å². The molecule has 0 radical (unpaired) electrons. The molecule has 6 nitrogen and oxygen atoms in total. The van der Waals surface area contributed by atoms with E-state index in [1.165, 1.54) is 31.0 Å². The van der Waals surface area contributed by atoms with Gasteiger partial charge in [-0.3, -0.25) is 9.69 Å². The number of nitrogens with zero attached hydrogens (tertiary/aromatic N) is 2. The van der Waals surface area contributed by atoms with Crippen molar-refractivity contribution in [3.8, 4) is 11.5 Å². The van der Waals surface area contributed by atoms with E-state index < -0.39 is 29.9 Å². The van der Waals surface area contributed by atoms with Gasteiger partial charge in [0.05, 0.1) is 12.6 Å². The van der Waals surface area contributed by atoms with Crippen molar-refractivity contribution in [2.75, 3.05) is 26.2 Å². The molecule has 4 rings (SSSR count). The molecule has 0 bridgehead atoms. The van der Waals surface area contributed by atoms with Gasteiger partial charge in [-0.25, -0.2) is 0 Å². The van der Waals surface area contributed by atoms with E-state index >= 15 is 0 Å². The van der Waals surface area contributed by atoms with Crippen molar-refractivity contribution in [3.63, 3.8) is 0 Å². The summed E-state index contributed by atoms with van der Waals surface area (Å²) in [5.41, 5.74) is -0.683. The molecule has 3 aliphatic rings. The molecular weight excluding hydrogens is 389 g/mol. The van der Waals surface area contributed by atoms with E-state index in [1.54, 1.807) is 18.7 Å². The summed E-state index contributed by atoms with van der Waals surface area (Å²) in [6, 6.07) is 2.97. The van der Waals surface area contributed by atoms with Gasteiger partial charge in [-0.1, -0.05) is 0 Å². The fraction of sp³-hybridized carbons (Fsp3) is 0.650. The molecule has 1 N–H and O–H groups in total. The summed E-state index contributed by atoms with van der Waals surface area (Å²) in [7, 11) is 0. The van der Waals surface area contributed by atoms with Gasteiger partial charge in [0.2, 0.25) is 5.91 Å². The molecule has 9 heteroatoms. The molecule has 1 aromatic carbocycles. The van der Waals surface area contributed by atoms with Crippen LogP contribution in [-0.4, -0.2) is 65.1 Å².